The summed E-state index contributed by atoms with van der Waals surface area (Å²) in [7, 11) is 0. The highest BCUT2D eigenvalue weighted by Gasteiger charge is 2.23. The van der Waals surface area contributed by atoms with Crippen LogP contribution in [0, 0.1) is 0 Å². The Morgan fingerprint density at radius 3 is 2.68 bits per heavy atom. The first kappa shape index (κ1) is 17.0. The Balaban J connectivity index is 1.69. The lowest BCUT2D eigenvalue weighted by Gasteiger charge is -2.27. The maximum absolute atomic E-state index is 12.6. The molecule has 6 nitrogen and oxygen atoms in total. The van der Waals surface area contributed by atoms with E-state index < -0.39 is 0 Å². The Bertz CT molecular complexity index is 796. The van der Waals surface area contributed by atoms with Crippen LogP contribution in [0.2, 0.25) is 0 Å². The molecule has 0 aliphatic carbocycles. The average Bonchev–Trinajstić information content (AvgIpc) is 3.34. The van der Waals surface area contributed by atoms with E-state index in [1.54, 1.807) is 17.0 Å². The molecule has 1 aromatic carbocycles. The highest BCUT2D eigenvalue weighted by atomic mass is 16.5. The van der Waals surface area contributed by atoms with Crippen molar-refractivity contribution < 1.29 is 13.7 Å². The van der Waals surface area contributed by atoms with Gasteiger partial charge in [-0.05, 0) is 25.5 Å². The molecule has 25 heavy (non-hydrogen) atoms. The number of nitrogens with zero attached hydrogens (tertiary/aromatic N) is 3. The third-order valence-corrected chi connectivity index (χ3v) is 4.18. The van der Waals surface area contributed by atoms with Crippen LogP contribution in [0.15, 0.2) is 57.7 Å². The molecule has 130 valence electrons. The Kier molecular flexibility index (Phi) is 5.28. The maximum atomic E-state index is 12.6. The van der Waals surface area contributed by atoms with Gasteiger partial charge in [0.2, 0.25) is 11.7 Å². The summed E-state index contributed by atoms with van der Waals surface area (Å²) in [5.74, 6) is 1.29. The van der Waals surface area contributed by atoms with Gasteiger partial charge >= 0.3 is 0 Å². The molecule has 1 amide bonds. The molecular formula is C19H21N3O3. The van der Waals surface area contributed by atoms with E-state index in [1.807, 2.05) is 44.2 Å². The number of amides is 1. The zero-order chi connectivity index (χ0) is 17.6. The normalized spacial score (nSPS) is 12.1. The van der Waals surface area contributed by atoms with Crippen LogP contribution >= 0.6 is 0 Å². The molecule has 0 radical (unpaired) electrons. The van der Waals surface area contributed by atoms with Crippen molar-refractivity contribution in [3.05, 3.63) is 60.4 Å². The number of benzene rings is 1. The van der Waals surface area contributed by atoms with Gasteiger partial charge in [0.1, 0.15) is 0 Å². The number of aromatic nitrogens is 2. The fraction of sp³-hybridized carbons (Fsp3) is 0.316. The van der Waals surface area contributed by atoms with Crippen LogP contribution in [0.4, 0.5) is 0 Å². The van der Waals surface area contributed by atoms with Gasteiger partial charge in [0, 0.05) is 24.6 Å². The first-order valence-corrected chi connectivity index (χ1v) is 8.41. The predicted octanol–water partition coefficient (Wildman–Crippen LogP) is 3.81. The molecule has 0 spiro atoms. The van der Waals surface area contributed by atoms with Gasteiger partial charge in [-0.1, -0.05) is 42.4 Å². The van der Waals surface area contributed by atoms with Gasteiger partial charge in [0.15, 0.2) is 5.76 Å². The summed E-state index contributed by atoms with van der Waals surface area (Å²) in [6.07, 6.45) is 2.86. The zero-order valence-electron chi connectivity index (χ0n) is 14.4. The smallest absolute Gasteiger partial charge is 0.289 e. The third-order valence-electron chi connectivity index (χ3n) is 4.18. The van der Waals surface area contributed by atoms with Gasteiger partial charge < -0.3 is 13.8 Å². The van der Waals surface area contributed by atoms with E-state index in [2.05, 4.69) is 10.1 Å². The Morgan fingerprint density at radius 2 is 2.00 bits per heavy atom. The second kappa shape index (κ2) is 7.79. The summed E-state index contributed by atoms with van der Waals surface area (Å²) in [4.78, 5) is 18.8. The Labute approximate surface area is 146 Å². The van der Waals surface area contributed by atoms with Crippen LogP contribution in [-0.4, -0.2) is 33.5 Å². The molecule has 3 aromatic rings. The Hall–Kier alpha value is -2.89. The second-order valence-corrected chi connectivity index (χ2v) is 5.86. The zero-order valence-corrected chi connectivity index (χ0v) is 14.4. The molecular weight excluding hydrogens is 318 g/mol. The van der Waals surface area contributed by atoms with Crippen LogP contribution in [0.5, 0.6) is 0 Å². The molecule has 3 rings (SSSR count). The molecule has 0 fully saturated rings. The summed E-state index contributed by atoms with van der Waals surface area (Å²) in [6, 6.07) is 13.1. The monoisotopic (exact) mass is 339 g/mol. The minimum absolute atomic E-state index is 0.0918. The van der Waals surface area contributed by atoms with Crippen molar-refractivity contribution in [3.63, 3.8) is 0 Å². The number of furan rings is 1. The second-order valence-electron chi connectivity index (χ2n) is 5.86. The van der Waals surface area contributed by atoms with E-state index in [0.29, 0.717) is 30.4 Å². The van der Waals surface area contributed by atoms with Crippen LogP contribution in [0.3, 0.4) is 0 Å². The molecule has 0 N–H and O–H groups in total. The van der Waals surface area contributed by atoms with Crippen molar-refractivity contribution in [3.8, 4) is 11.4 Å². The minimum Gasteiger partial charge on any atom is -0.459 e. The summed E-state index contributed by atoms with van der Waals surface area (Å²) in [5.41, 5.74) is 0.906. The van der Waals surface area contributed by atoms with Crippen molar-refractivity contribution >= 4 is 5.91 Å². The molecule has 0 unspecified atom stereocenters. The molecule has 6 heteroatoms. The van der Waals surface area contributed by atoms with Crippen molar-refractivity contribution in [2.75, 3.05) is 6.54 Å². The van der Waals surface area contributed by atoms with E-state index in [1.165, 1.54) is 6.26 Å². The van der Waals surface area contributed by atoms with Crippen LogP contribution in [0.25, 0.3) is 11.4 Å². The lowest BCUT2D eigenvalue weighted by molar-refractivity contribution is 0.0654. The fourth-order valence-corrected chi connectivity index (χ4v) is 2.56. The number of rotatable bonds is 7. The lowest BCUT2D eigenvalue weighted by Crippen LogP contribution is -2.39. The lowest BCUT2D eigenvalue weighted by atomic mass is 10.2. The van der Waals surface area contributed by atoms with E-state index in [-0.39, 0.29) is 11.9 Å². The van der Waals surface area contributed by atoms with Gasteiger partial charge in [-0.2, -0.15) is 4.98 Å². The Morgan fingerprint density at radius 1 is 1.20 bits per heavy atom. The fourth-order valence-electron chi connectivity index (χ4n) is 2.56. The number of carbonyl (C=O) groups is 1. The molecule has 0 aliphatic heterocycles. The van der Waals surface area contributed by atoms with E-state index >= 15 is 0 Å². The third kappa shape index (κ3) is 3.96. The maximum Gasteiger partial charge on any atom is 0.289 e. The van der Waals surface area contributed by atoms with Crippen molar-refractivity contribution in [1.82, 2.24) is 15.0 Å². The predicted molar refractivity (Wildman–Crippen MR) is 92.9 cm³/mol. The topological polar surface area (TPSA) is 72.4 Å². The standard InChI is InChI=1S/C19H21N3O3/c1-3-14(2)22(19(23)16-10-7-13-24-16)12-11-17-20-18(21-25-17)15-8-5-4-6-9-15/h4-10,13-14H,3,11-12H2,1-2H3/t14-/m1/s1. The molecule has 0 bridgehead atoms. The summed E-state index contributed by atoms with van der Waals surface area (Å²) >= 11 is 0. The molecule has 0 saturated carbocycles. The molecule has 0 aliphatic rings. The molecule has 1 atom stereocenters. The largest absolute Gasteiger partial charge is 0.459 e. The van der Waals surface area contributed by atoms with E-state index in [9.17, 15) is 4.79 Å². The highest BCUT2D eigenvalue weighted by molar-refractivity contribution is 5.91. The molecule has 2 heterocycles. The van der Waals surface area contributed by atoms with Gasteiger partial charge in [-0.25, -0.2) is 0 Å². The van der Waals surface area contributed by atoms with Crippen LogP contribution in [0.1, 0.15) is 36.7 Å². The van der Waals surface area contributed by atoms with Crippen LogP contribution in [-0.2, 0) is 6.42 Å². The number of hydrogen-bond donors (Lipinski definition) is 0. The quantitative estimate of drug-likeness (QED) is 0.654. The number of hydrogen-bond acceptors (Lipinski definition) is 5. The summed E-state index contributed by atoms with van der Waals surface area (Å²) in [5, 5.41) is 4.02. The van der Waals surface area contributed by atoms with Gasteiger partial charge in [-0.3, -0.25) is 4.79 Å². The molecule has 2 aromatic heterocycles. The first-order chi connectivity index (χ1) is 12.2. The minimum atomic E-state index is -0.123. The van der Waals surface area contributed by atoms with Crippen molar-refractivity contribution in [2.45, 2.75) is 32.7 Å². The van der Waals surface area contributed by atoms with Gasteiger partial charge in [-0.15, -0.1) is 0 Å². The van der Waals surface area contributed by atoms with Gasteiger partial charge in [0.05, 0.1) is 6.26 Å². The van der Waals surface area contributed by atoms with Crippen molar-refractivity contribution in [1.29, 1.82) is 0 Å². The summed E-state index contributed by atoms with van der Waals surface area (Å²) < 4.78 is 10.6. The summed E-state index contributed by atoms with van der Waals surface area (Å²) in [6.45, 7) is 4.56. The van der Waals surface area contributed by atoms with Crippen LogP contribution < -0.4 is 0 Å². The molecule has 0 saturated heterocycles. The average molecular weight is 339 g/mol. The first-order valence-electron chi connectivity index (χ1n) is 8.41. The number of carbonyl (C=O) groups excluding carboxylic acids is 1. The van der Waals surface area contributed by atoms with E-state index in [4.69, 9.17) is 8.94 Å². The van der Waals surface area contributed by atoms with Crippen molar-refractivity contribution in [2.24, 2.45) is 0 Å². The van der Waals surface area contributed by atoms with Gasteiger partial charge in [0.25, 0.3) is 5.91 Å². The highest BCUT2D eigenvalue weighted by Crippen LogP contribution is 2.16. The van der Waals surface area contributed by atoms with E-state index in [0.717, 1.165) is 12.0 Å². The SMILES string of the molecule is CC[C@@H](C)N(CCc1nc(-c2ccccc2)no1)C(=O)c1ccco1.